The highest BCUT2D eigenvalue weighted by molar-refractivity contribution is 6.11. The number of nitrogens with two attached hydrogens (primary N) is 1. The lowest BCUT2D eigenvalue weighted by molar-refractivity contribution is 0.0696. The molecule has 1 amide bonds. The molecule has 4 N–H and O–H groups in total. The fourth-order valence-electron chi connectivity index (χ4n) is 2.96. The number of primary amides is 1. The fourth-order valence-corrected chi connectivity index (χ4v) is 2.96. The molecule has 0 fully saturated rings. The average molecular weight is 358 g/mol. The van der Waals surface area contributed by atoms with E-state index in [1.54, 1.807) is 48.8 Å². The summed E-state index contributed by atoms with van der Waals surface area (Å²) in [6, 6.07) is 13.4. The van der Waals surface area contributed by atoms with Crippen molar-refractivity contribution in [1.82, 2.24) is 9.97 Å². The number of amides is 1. The van der Waals surface area contributed by atoms with Crippen molar-refractivity contribution in [2.24, 2.45) is 5.73 Å². The number of aromatic nitrogens is 2. The van der Waals surface area contributed by atoms with Gasteiger partial charge in [0.1, 0.15) is 5.82 Å². The SMILES string of the molecule is NC(=O)c1cccc(Nc2nc3cc(C(=O)O)ccc3c3cnccc23)c1. The first-order valence-corrected chi connectivity index (χ1v) is 8.10. The number of carbonyl (C=O) groups is 2. The summed E-state index contributed by atoms with van der Waals surface area (Å²) in [5.74, 6) is -1.01. The van der Waals surface area contributed by atoms with Gasteiger partial charge in [0.25, 0.3) is 0 Å². The molecule has 0 saturated carbocycles. The van der Waals surface area contributed by atoms with Gasteiger partial charge in [-0.2, -0.15) is 0 Å². The summed E-state index contributed by atoms with van der Waals surface area (Å²) in [6.07, 6.45) is 3.37. The maximum absolute atomic E-state index is 11.4. The zero-order chi connectivity index (χ0) is 19.0. The molecule has 0 aliphatic rings. The van der Waals surface area contributed by atoms with Gasteiger partial charge >= 0.3 is 5.97 Å². The number of hydrogen-bond acceptors (Lipinski definition) is 5. The molecule has 7 nitrogen and oxygen atoms in total. The molecule has 7 heteroatoms. The number of carbonyl (C=O) groups excluding carboxylic acids is 1. The lowest BCUT2D eigenvalue weighted by Crippen LogP contribution is -2.10. The summed E-state index contributed by atoms with van der Waals surface area (Å²) < 4.78 is 0. The van der Waals surface area contributed by atoms with E-state index in [9.17, 15) is 14.7 Å². The fraction of sp³-hybridized carbons (Fsp3) is 0. The van der Waals surface area contributed by atoms with Gasteiger partial charge in [-0.25, -0.2) is 9.78 Å². The van der Waals surface area contributed by atoms with E-state index in [1.807, 2.05) is 6.07 Å². The molecule has 0 saturated heterocycles. The van der Waals surface area contributed by atoms with Crippen molar-refractivity contribution >= 4 is 45.1 Å². The van der Waals surface area contributed by atoms with Crippen molar-refractivity contribution in [2.75, 3.05) is 5.32 Å². The van der Waals surface area contributed by atoms with Crippen molar-refractivity contribution < 1.29 is 14.7 Å². The van der Waals surface area contributed by atoms with Gasteiger partial charge in [-0.15, -0.1) is 0 Å². The Morgan fingerprint density at radius 3 is 2.59 bits per heavy atom. The first-order chi connectivity index (χ1) is 13.0. The van der Waals surface area contributed by atoms with Crippen LogP contribution in [-0.2, 0) is 0 Å². The van der Waals surface area contributed by atoms with E-state index in [1.165, 1.54) is 6.07 Å². The molecule has 2 aromatic carbocycles. The number of nitrogens with zero attached hydrogens (tertiary/aromatic N) is 2. The summed E-state index contributed by atoms with van der Waals surface area (Å²) in [5.41, 5.74) is 7.04. The van der Waals surface area contributed by atoms with E-state index in [0.29, 0.717) is 22.6 Å². The molecule has 0 aliphatic heterocycles. The Labute approximate surface area is 153 Å². The van der Waals surface area contributed by atoms with Crippen molar-refractivity contribution in [3.8, 4) is 0 Å². The van der Waals surface area contributed by atoms with Crippen LogP contribution in [-0.4, -0.2) is 27.0 Å². The lowest BCUT2D eigenvalue weighted by atomic mass is 10.1. The first-order valence-electron chi connectivity index (χ1n) is 8.10. The monoisotopic (exact) mass is 358 g/mol. The predicted octanol–water partition coefficient (Wildman–Crippen LogP) is 3.32. The van der Waals surface area contributed by atoms with Crippen LogP contribution in [0.2, 0.25) is 0 Å². The minimum atomic E-state index is -1.02. The number of pyridine rings is 2. The Balaban J connectivity index is 1.91. The highest BCUT2D eigenvalue weighted by Crippen LogP contribution is 2.31. The zero-order valence-corrected chi connectivity index (χ0v) is 14.0. The molecular formula is C20H14N4O3. The van der Waals surface area contributed by atoms with Gasteiger partial charge in [-0.05, 0) is 36.4 Å². The summed E-state index contributed by atoms with van der Waals surface area (Å²) in [5, 5.41) is 14.9. The van der Waals surface area contributed by atoms with Crippen LogP contribution < -0.4 is 11.1 Å². The third kappa shape index (κ3) is 3.02. The minimum absolute atomic E-state index is 0.153. The normalized spacial score (nSPS) is 10.8. The first kappa shape index (κ1) is 16.5. The van der Waals surface area contributed by atoms with Gasteiger partial charge in [0.15, 0.2) is 0 Å². The number of anilines is 2. The van der Waals surface area contributed by atoms with Gasteiger partial charge in [-0.1, -0.05) is 12.1 Å². The van der Waals surface area contributed by atoms with Gasteiger partial charge in [0.2, 0.25) is 5.91 Å². The number of carboxylic acid groups (broad SMARTS) is 1. The number of fused-ring (bicyclic) bond motifs is 3. The van der Waals surface area contributed by atoms with E-state index < -0.39 is 11.9 Å². The van der Waals surface area contributed by atoms with Crippen molar-refractivity contribution in [3.05, 3.63) is 72.1 Å². The number of rotatable bonds is 4. The molecule has 4 rings (SSSR count). The summed E-state index contributed by atoms with van der Waals surface area (Å²) >= 11 is 0. The van der Waals surface area contributed by atoms with Crippen LogP contribution in [0.15, 0.2) is 60.9 Å². The summed E-state index contributed by atoms with van der Waals surface area (Å²) in [4.78, 5) is 31.5. The van der Waals surface area contributed by atoms with E-state index >= 15 is 0 Å². The van der Waals surface area contributed by atoms with E-state index in [0.717, 1.165) is 16.2 Å². The van der Waals surface area contributed by atoms with Crippen molar-refractivity contribution in [1.29, 1.82) is 0 Å². The summed E-state index contributed by atoms with van der Waals surface area (Å²) in [7, 11) is 0. The second kappa shape index (κ2) is 6.38. The van der Waals surface area contributed by atoms with Crippen LogP contribution in [0.4, 0.5) is 11.5 Å². The van der Waals surface area contributed by atoms with Crippen LogP contribution in [0, 0.1) is 0 Å². The molecule has 0 radical (unpaired) electrons. The van der Waals surface area contributed by atoms with Crippen LogP contribution in [0.3, 0.4) is 0 Å². The van der Waals surface area contributed by atoms with Gasteiger partial charge in [0.05, 0.1) is 11.1 Å². The molecule has 0 aliphatic carbocycles. The molecule has 0 bridgehead atoms. The molecule has 4 aromatic rings. The standard InChI is InChI=1S/C20H14N4O3/c21-18(25)11-2-1-3-13(8-11)23-19-15-6-7-22-10-16(15)14-5-4-12(20(26)27)9-17(14)24-19/h1-10H,(H2,21,25)(H,23,24)(H,26,27). The highest BCUT2D eigenvalue weighted by atomic mass is 16.4. The van der Waals surface area contributed by atoms with Gasteiger partial charge < -0.3 is 16.2 Å². The largest absolute Gasteiger partial charge is 0.478 e. The maximum atomic E-state index is 11.4. The molecular weight excluding hydrogens is 344 g/mol. The Hall–Kier alpha value is -4.00. The third-order valence-corrected chi connectivity index (χ3v) is 4.25. The molecule has 0 atom stereocenters. The van der Waals surface area contributed by atoms with Crippen LogP contribution >= 0.6 is 0 Å². The second-order valence-electron chi connectivity index (χ2n) is 5.99. The van der Waals surface area contributed by atoms with Crippen LogP contribution in [0.1, 0.15) is 20.7 Å². The third-order valence-electron chi connectivity index (χ3n) is 4.25. The topological polar surface area (TPSA) is 118 Å². The Morgan fingerprint density at radius 2 is 1.81 bits per heavy atom. The number of benzene rings is 2. The molecule has 0 spiro atoms. The van der Waals surface area contributed by atoms with Gasteiger partial charge in [0, 0.05) is 39.8 Å². The molecule has 27 heavy (non-hydrogen) atoms. The number of aromatic carboxylic acids is 1. The van der Waals surface area contributed by atoms with Gasteiger partial charge in [-0.3, -0.25) is 9.78 Å². The average Bonchev–Trinajstić information content (AvgIpc) is 2.68. The quantitative estimate of drug-likeness (QED) is 0.482. The van der Waals surface area contributed by atoms with Crippen LogP contribution in [0.25, 0.3) is 21.7 Å². The van der Waals surface area contributed by atoms with E-state index in [2.05, 4.69) is 15.3 Å². The van der Waals surface area contributed by atoms with Crippen molar-refractivity contribution in [2.45, 2.75) is 0 Å². The minimum Gasteiger partial charge on any atom is -0.478 e. The molecule has 2 aromatic heterocycles. The summed E-state index contributed by atoms with van der Waals surface area (Å²) in [6.45, 7) is 0. The Morgan fingerprint density at radius 1 is 0.963 bits per heavy atom. The smallest absolute Gasteiger partial charge is 0.335 e. The number of nitrogens with one attached hydrogen (secondary N) is 1. The highest BCUT2D eigenvalue weighted by Gasteiger charge is 2.12. The number of hydrogen-bond donors (Lipinski definition) is 3. The number of carboxylic acids is 1. The maximum Gasteiger partial charge on any atom is 0.335 e. The Bertz CT molecular complexity index is 1220. The second-order valence-corrected chi connectivity index (χ2v) is 5.99. The molecule has 0 unspecified atom stereocenters. The van der Waals surface area contributed by atoms with Crippen molar-refractivity contribution in [3.63, 3.8) is 0 Å². The Kier molecular flexibility index (Phi) is 3.89. The van der Waals surface area contributed by atoms with E-state index in [4.69, 9.17) is 5.73 Å². The predicted molar refractivity (Wildman–Crippen MR) is 102 cm³/mol. The zero-order valence-electron chi connectivity index (χ0n) is 14.0. The lowest BCUT2D eigenvalue weighted by Gasteiger charge is -2.12. The molecule has 132 valence electrons. The van der Waals surface area contributed by atoms with Crippen LogP contribution in [0.5, 0.6) is 0 Å². The molecule has 2 heterocycles. The van der Waals surface area contributed by atoms with E-state index in [-0.39, 0.29) is 5.56 Å².